The van der Waals surface area contributed by atoms with Gasteiger partial charge in [-0.2, -0.15) is 10.1 Å². The first-order valence-corrected chi connectivity index (χ1v) is 8.12. The quantitative estimate of drug-likeness (QED) is 0.710. The van der Waals surface area contributed by atoms with E-state index in [-0.39, 0.29) is 22.3 Å². The largest absolute Gasteiger partial charge is 0.383 e. The molecular formula is C13H12FN5O2S. The molecule has 0 aliphatic carbocycles. The van der Waals surface area contributed by atoms with E-state index >= 15 is 0 Å². The minimum atomic E-state index is -3.64. The molecule has 2 N–H and O–H groups in total. The number of benzene rings is 1. The first-order chi connectivity index (χ1) is 10.3. The Morgan fingerprint density at radius 3 is 2.64 bits per heavy atom. The lowest BCUT2D eigenvalue weighted by atomic mass is 10.1. The molecule has 3 aromatic rings. The topological polar surface area (TPSA) is 104 Å². The van der Waals surface area contributed by atoms with Gasteiger partial charge >= 0.3 is 0 Å². The van der Waals surface area contributed by atoms with Crippen LogP contribution in [0.3, 0.4) is 0 Å². The number of sulfone groups is 1. The number of anilines is 1. The SMILES string of the molecule is Cn1nc2nc(S(C)(=O)=O)nc(-c3cccc(F)c3)c2c1N. The number of halogens is 1. The van der Waals surface area contributed by atoms with Crippen LogP contribution >= 0.6 is 0 Å². The van der Waals surface area contributed by atoms with Crippen molar-refractivity contribution < 1.29 is 12.8 Å². The van der Waals surface area contributed by atoms with Gasteiger partial charge in [-0.05, 0) is 12.1 Å². The van der Waals surface area contributed by atoms with E-state index in [1.54, 1.807) is 13.1 Å². The molecule has 0 radical (unpaired) electrons. The zero-order valence-corrected chi connectivity index (χ0v) is 12.6. The third-order valence-corrected chi connectivity index (χ3v) is 3.99. The van der Waals surface area contributed by atoms with Gasteiger partial charge in [-0.3, -0.25) is 4.68 Å². The standard InChI is InChI=1S/C13H12FN5O2S/c1-19-11(15)9-10(7-4-3-5-8(14)6-7)16-13(22(2,20)21)17-12(9)18-19/h3-6H,15H2,1-2H3. The normalized spacial score (nSPS) is 12.0. The fourth-order valence-corrected chi connectivity index (χ4v) is 2.61. The van der Waals surface area contributed by atoms with E-state index in [1.165, 1.54) is 22.9 Å². The first kappa shape index (κ1) is 14.4. The Kier molecular flexibility index (Phi) is 3.10. The molecule has 7 nitrogen and oxygen atoms in total. The molecule has 0 amide bonds. The molecule has 3 rings (SSSR count). The highest BCUT2D eigenvalue weighted by Crippen LogP contribution is 2.31. The molecule has 0 saturated heterocycles. The zero-order valence-electron chi connectivity index (χ0n) is 11.8. The van der Waals surface area contributed by atoms with Crippen LogP contribution in [-0.4, -0.2) is 34.4 Å². The molecule has 0 aliphatic rings. The van der Waals surface area contributed by atoms with Crippen molar-refractivity contribution in [1.82, 2.24) is 19.7 Å². The molecule has 0 atom stereocenters. The van der Waals surface area contributed by atoms with Crippen LogP contribution in [0, 0.1) is 5.82 Å². The minimum Gasteiger partial charge on any atom is -0.383 e. The fraction of sp³-hybridized carbons (Fsp3) is 0.154. The van der Waals surface area contributed by atoms with Crippen LogP contribution in [0.15, 0.2) is 29.4 Å². The van der Waals surface area contributed by atoms with Crippen LogP contribution in [0.5, 0.6) is 0 Å². The monoisotopic (exact) mass is 321 g/mol. The van der Waals surface area contributed by atoms with Gasteiger partial charge in [-0.1, -0.05) is 12.1 Å². The fourth-order valence-electron chi connectivity index (χ4n) is 2.11. The van der Waals surface area contributed by atoms with Crippen LogP contribution in [0.2, 0.25) is 0 Å². The van der Waals surface area contributed by atoms with Crippen molar-refractivity contribution in [1.29, 1.82) is 0 Å². The van der Waals surface area contributed by atoms with Gasteiger partial charge in [0.2, 0.25) is 15.0 Å². The highest BCUT2D eigenvalue weighted by atomic mass is 32.2. The van der Waals surface area contributed by atoms with E-state index in [9.17, 15) is 12.8 Å². The maximum atomic E-state index is 13.5. The number of nitrogen functional groups attached to an aromatic ring is 1. The van der Waals surface area contributed by atoms with E-state index in [1.807, 2.05) is 0 Å². The summed E-state index contributed by atoms with van der Waals surface area (Å²) in [6, 6.07) is 5.65. The molecule has 114 valence electrons. The van der Waals surface area contributed by atoms with Gasteiger partial charge in [-0.15, -0.1) is 0 Å². The molecule has 2 aromatic heterocycles. The van der Waals surface area contributed by atoms with Gasteiger partial charge in [0.05, 0.1) is 11.1 Å². The number of aromatic nitrogens is 4. The Bertz CT molecular complexity index is 997. The Morgan fingerprint density at radius 1 is 1.27 bits per heavy atom. The smallest absolute Gasteiger partial charge is 0.249 e. The van der Waals surface area contributed by atoms with Crippen molar-refractivity contribution in [3.63, 3.8) is 0 Å². The Morgan fingerprint density at radius 2 is 2.00 bits per heavy atom. The molecule has 22 heavy (non-hydrogen) atoms. The van der Waals surface area contributed by atoms with Crippen molar-refractivity contribution in [3.8, 4) is 11.3 Å². The summed E-state index contributed by atoms with van der Waals surface area (Å²) in [6.07, 6.45) is 0.996. The summed E-state index contributed by atoms with van der Waals surface area (Å²) in [6.45, 7) is 0. The summed E-state index contributed by atoms with van der Waals surface area (Å²) >= 11 is 0. The second-order valence-electron chi connectivity index (χ2n) is 4.84. The maximum Gasteiger partial charge on any atom is 0.249 e. The van der Waals surface area contributed by atoms with Crippen LogP contribution in [-0.2, 0) is 16.9 Å². The van der Waals surface area contributed by atoms with Crippen molar-refractivity contribution in [3.05, 3.63) is 30.1 Å². The molecule has 0 spiro atoms. The second kappa shape index (κ2) is 4.73. The molecule has 0 fully saturated rings. The van der Waals surface area contributed by atoms with E-state index in [0.717, 1.165) is 6.26 Å². The van der Waals surface area contributed by atoms with E-state index in [2.05, 4.69) is 15.1 Å². The number of rotatable bonds is 2. The summed E-state index contributed by atoms with van der Waals surface area (Å²) in [5.74, 6) is -0.193. The van der Waals surface area contributed by atoms with Crippen LogP contribution in [0.1, 0.15) is 0 Å². The summed E-state index contributed by atoms with van der Waals surface area (Å²) in [4.78, 5) is 7.99. The summed E-state index contributed by atoms with van der Waals surface area (Å²) in [5, 5.41) is 4.09. The summed E-state index contributed by atoms with van der Waals surface area (Å²) in [5.41, 5.74) is 6.73. The lowest BCUT2D eigenvalue weighted by Gasteiger charge is -2.05. The van der Waals surface area contributed by atoms with Gasteiger partial charge in [-0.25, -0.2) is 17.8 Å². The average molecular weight is 321 g/mol. The van der Waals surface area contributed by atoms with Gasteiger partial charge in [0.25, 0.3) is 0 Å². The molecule has 0 unspecified atom stereocenters. The van der Waals surface area contributed by atoms with E-state index in [0.29, 0.717) is 10.9 Å². The van der Waals surface area contributed by atoms with Crippen LogP contribution < -0.4 is 5.73 Å². The number of hydrogen-bond donors (Lipinski definition) is 1. The van der Waals surface area contributed by atoms with Gasteiger partial charge in [0.15, 0.2) is 5.65 Å². The van der Waals surface area contributed by atoms with Crippen LogP contribution in [0.25, 0.3) is 22.3 Å². The molecule has 0 saturated carbocycles. The molecule has 1 aromatic carbocycles. The van der Waals surface area contributed by atoms with E-state index in [4.69, 9.17) is 5.73 Å². The lowest BCUT2D eigenvalue weighted by Crippen LogP contribution is -2.06. The minimum absolute atomic E-state index is 0.148. The number of hydrogen-bond acceptors (Lipinski definition) is 6. The number of aryl methyl sites for hydroxylation is 1. The summed E-state index contributed by atoms with van der Waals surface area (Å²) < 4.78 is 38.4. The Labute approximate surface area is 125 Å². The third-order valence-electron chi connectivity index (χ3n) is 3.15. The molecule has 0 bridgehead atoms. The zero-order chi connectivity index (χ0) is 16.1. The third kappa shape index (κ3) is 2.29. The number of fused-ring (bicyclic) bond motifs is 1. The van der Waals surface area contributed by atoms with Crippen molar-refractivity contribution >= 4 is 26.7 Å². The predicted molar refractivity (Wildman–Crippen MR) is 79.2 cm³/mol. The Balaban J connectivity index is 2.45. The predicted octanol–water partition coefficient (Wildman–Crippen LogP) is 1.16. The second-order valence-corrected chi connectivity index (χ2v) is 6.75. The Hall–Kier alpha value is -2.55. The van der Waals surface area contributed by atoms with Gasteiger partial charge in [0.1, 0.15) is 11.6 Å². The van der Waals surface area contributed by atoms with Gasteiger partial charge < -0.3 is 5.73 Å². The first-order valence-electron chi connectivity index (χ1n) is 6.23. The maximum absolute atomic E-state index is 13.5. The van der Waals surface area contributed by atoms with Crippen molar-refractivity contribution in [2.24, 2.45) is 7.05 Å². The molecular weight excluding hydrogens is 309 g/mol. The highest BCUT2D eigenvalue weighted by Gasteiger charge is 2.21. The molecule has 0 aliphatic heterocycles. The average Bonchev–Trinajstić information content (AvgIpc) is 2.72. The molecule has 2 heterocycles. The van der Waals surface area contributed by atoms with Crippen LogP contribution in [0.4, 0.5) is 10.2 Å². The molecule has 9 heteroatoms. The van der Waals surface area contributed by atoms with Crippen molar-refractivity contribution in [2.75, 3.05) is 12.0 Å². The number of nitrogens with two attached hydrogens (primary N) is 1. The lowest BCUT2D eigenvalue weighted by molar-refractivity contribution is 0.593. The summed E-state index contributed by atoms with van der Waals surface area (Å²) in [7, 11) is -2.04. The van der Waals surface area contributed by atoms with Crippen molar-refractivity contribution in [2.45, 2.75) is 5.16 Å². The highest BCUT2D eigenvalue weighted by molar-refractivity contribution is 7.90. The van der Waals surface area contributed by atoms with E-state index < -0.39 is 15.7 Å². The van der Waals surface area contributed by atoms with Gasteiger partial charge in [0, 0.05) is 18.9 Å². The number of nitrogens with zero attached hydrogens (tertiary/aromatic N) is 4.